The van der Waals surface area contributed by atoms with Crippen molar-refractivity contribution in [2.45, 2.75) is 26.8 Å². The molecule has 0 bridgehead atoms. The number of aromatic amines is 1. The van der Waals surface area contributed by atoms with Gasteiger partial charge in [-0.05, 0) is 43.2 Å². The zero-order chi connectivity index (χ0) is 21.7. The summed E-state index contributed by atoms with van der Waals surface area (Å²) >= 11 is 0. The molecule has 0 spiro atoms. The van der Waals surface area contributed by atoms with Crippen molar-refractivity contribution in [3.63, 3.8) is 0 Å². The third kappa shape index (κ3) is 4.96. The van der Waals surface area contributed by atoms with Gasteiger partial charge < -0.3 is 20.9 Å². The number of amides is 3. The van der Waals surface area contributed by atoms with Gasteiger partial charge in [-0.1, -0.05) is 38.1 Å². The van der Waals surface area contributed by atoms with Crippen LogP contribution in [0.15, 0.2) is 65.6 Å². The summed E-state index contributed by atoms with van der Waals surface area (Å²) in [6, 6.07) is 14.8. The van der Waals surface area contributed by atoms with E-state index in [1.807, 2.05) is 39.0 Å². The summed E-state index contributed by atoms with van der Waals surface area (Å²) in [7, 11) is 0. The number of H-pyrrole nitrogens is 1. The summed E-state index contributed by atoms with van der Waals surface area (Å²) in [5.74, 6) is -0.479. The Morgan fingerprint density at radius 2 is 1.67 bits per heavy atom. The first kappa shape index (κ1) is 20.9. The van der Waals surface area contributed by atoms with Crippen molar-refractivity contribution in [2.75, 3.05) is 10.6 Å². The number of rotatable bonds is 6. The Bertz CT molecular complexity index is 1090. The summed E-state index contributed by atoms with van der Waals surface area (Å²) in [6.07, 6.45) is 1.62. The molecule has 1 heterocycles. The number of hydrogen-bond acceptors (Lipinski definition) is 3. The number of aromatic nitrogens is 2. The maximum atomic E-state index is 12.8. The van der Waals surface area contributed by atoms with Crippen LogP contribution in [0.1, 0.15) is 19.5 Å². The highest BCUT2D eigenvalue weighted by atomic mass is 16.2. The lowest BCUT2D eigenvalue weighted by molar-refractivity contribution is -0.118. The molecule has 3 amide bonds. The SMILES string of the molecule is Cc1c[nH]c(=O)n1-c1cccc(NC(=O)C(NC(=O)Nc2ccccc2)C(C)C)c1. The number of aryl methyl sites for hydroxylation is 1. The van der Waals surface area contributed by atoms with Gasteiger partial charge in [0.1, 0.15) is 6.04 Å². The largest absolute Gasteiger partial charge is 0.330 e. The molecule has 3 aromatic rings. The van der Waals surface area contributed by atoms with Gasteiger partial charge in [-0.2, -0.15) is 0 Å². The summed E-state index contributed by atoms with van der Waals surface area (Å²) in [5, 5.41) is 8.26. The monoisotopic (exact) mass is 407 g/mol. The van der Waals surface area contributed by atoms with Crippen LogP contribution in [-0.4, -0.2) is 27.5 Å². The van der Waals surface area contributed by atoms with Crippen molar-refractivity contribution in [3.8, 4) is 5.69 Å². The van der Waals surface area contributed by atoms with Gasteiger partial charge in [0.15, 0.2) is 0 Å². The highest BCUT2D eigenvalue weighted by Gasteiger charge is 2.24. The molecule has 0 saturated heterocycles. The summed E-state index contributed by atoms with van der Waals surface area (Å²) in [4.78, 5) is 39.8. The molecule has 1 unspecified atom stereocenters. The van der Waals surface area contributed by atoms with Crippen molar-refractivity contribution in [1.82, 2.24) is 14.9 Å². The van der Waals surface area contributed by atoms with E-state index in [0.717, 1.165) is 5.69 Å². The van der Waals surface area contributed by atoms with Crippen molar-refractivity contribution in [1.29, 1.82) is 0 Å². The smallest absolute Gasteiger partial charge is 0.326 e. The van der Waals surface area contributed by atoms with Gasteiger partial charge in [0, 0.05) is 23.3 Å². The van der Waals surface area contributed by atoms with E-state index < -0.39 is 12.1 Å². The van der Waals surface area contributed by atoms with Gasteiger partial charge in [0.05, 0.1) is 5.69 Å². The number of benzene rings is 2. The van der Waals surface area contributed by atoms with Crippen LogP contribution in [0, 0.1) is 12.8 Å². The zero-order valence-corrected chi connectivity index (χ0v) is 17.1. The number of imidazole rings is 1. The number of para-hydroxylation sites is 1. The Balaban J connectivity index is 1.72. The minimum atomic E-state index is -0.742. The minimum absolute atomic E-state index is 0.135. The van der Waals surface area contributed by atoms with E-state index in [1.54, 1.807) is 42.6 Å². The number of nitrogens with one attached hydrogen (secondary N) is 4. The highest BCUT2D eigenvalue weighted by molar-refractivity contribution is 5.99. The quantitative estimate of drug-likeness (QED) is 0.504. The van der Waals surface area contributed by atoms with Gasteiger partial charge in [-0.15, -0.1) is 0 Å². The molecule has 30 heavy (non-hydrogen) atoms. The van der Waals surface area contributed by atoms with Crippen LogP contribution < -0.4 is 21.6 Å². The van der Waals surface area contributed by atoms with E-state index in [0.29, 0.717) is 17.1 Å². The molecule has 156 valence electrons. The van der Waals surface area contributed by atoms with Crippen LogP contribution >= 0.6 is 0 Å². The number of nitrogens with zero attached hydrogens (tertiary/aromatic N) is 1. The number of carbonyl (C=O) groups is 2. The predicted octanol–water partition coefficient (Wildman–Crippen LogP) is 3.26. The predicted molar refractivity (Wildman–Crippen MR) is 117 cm³/mol. The molecular weight excluding hydrogens is 382 g/mol. The van der Waals surface area contributed by atoms with Crippen molar-refractivity contribution >= 4 is 23.3 Å². The molecule has 8 nitrogen and oxygen atoms in total. The fourth-order valence-corrected chi connectivity index (χ4v) is 3.08. The number of urea groups is 1. The first-order chi connectivity index (χ1) is 14.3. The van der Waals surface area contributed by atoms with Crippen LogP contribution in [0.2, 0.25) is 0 Å². The molecule has 1 aromatic heterocycles. The van der Waals surface area contributed by atoms with Crippen molar-refractivity contribution in [2.24, 2.45) is 5.92 Å². The third-order valence-electron chi connectivity index (χ3n) is 4.60. The van der Waals surface area contributed by atoms with Gasteiger partial charge in [-0.3, -0.25) is 9.36 Å². The number of anilines is 2. The first-order valence-electron chi connectivity index (χ1n) is 9.66. The molecule has 2 aromatic carbocycles. The molecule has 0 aliphatic carbocycles. The van der Waals surface area contributed by atoms with Gasteiger partial charge in [-0.25, -0.2) is 9.59 Å². The minimum Gasteiger partial charge on any atom is -0.326 e. The topological polar surface area (TPSA) is 108 Å². The molecular formula is C22H25N5O3. The molecule has 0 saturated carbocycles. The highest BCUT2D eigenvalue weighted by Crippen LogP contribution is 2.16. The maximum absolute atomic E-state index is 12.8. The Hall–Kier alpha value is -3.81. The van der Waals surface area contributed by atoms with Crippen LogP contribution in [0.3, 0.4) is 0 Å². The molecule has 0 radical (unpaired) electrons. The van der Waals surface area contributed by atoms with E-state index >= 15 is 0 Å². The lowest BCUT2D eigenvalue weighted by Crippen LogP contribution is -2.48. The van der Waals surface area contributed by atoms with Gasteiger partial charge in [0.2, 0.25) is 5.91 Å². The number of carbonyl (C=O) groups excluding carboxylic acids is 2. The molecule has 0 fully saturated rings. The second kappa shape index (κ2) is 9.13. The average molecular weight is 407 g/mol. The Morgan fingerprint density at radius 1 is 0.967 bits per heavy atom. The van der Waals surface area contributed by atoms with Crippen molar-refractivity contribution in [3.05, 3.63) is 77.0 Å². The fraction of sp³-hybridized carbons (Fsp3) is 0.227. The second-order valence-corrected chi connectivity index (χ2v) is 7.30. The standard InChI is InChI=1S/C22H25N5O3/c1-14(2)19(26-21(29)25-16-8-5-4-6-9-16)20(28)24-17-10-7-11-18(12-17)27-15(3)13-23-22(27)30/h4-14,19H,1-3H3,(H,23,30)(H,24,28)(H2,25,26,29). The molecule has 0 aliphatic heterocycles. The van der Waals surface area contributed by atoms with Crippen molar-refractivity contribution < 1.29 is 9.59 Å². The van der Waals surface area contributed by atoms with E-state index in [2.05, 4.69) is 20.9 Å². The molecule has 8 heteroatoms. The van der Waals surface area contributed by atoms with Crippen LogP contribution in [0.5, 0.6) is 0 Å². The van der Waals surface area contributed by atoms with Gasteiger partial charge >= 0.3 is 11.7 Å². The lowest BCUT2D eigenvalue weighted by Gasteiger charge is -2.22. The van der Waals surface area contributed by atoms with Crippen LogP contribution in [0.4, 0.5) is 16.2 Å². The molecule has 4 N–H and O–H groups in total. The Labute approximate surface area is 174 Å². The average Bonchev–Trinajstić information content (AvgIpc) is 3.05. The van der Waals surface area contributed by atoms with E-state index in [4.69, 9.17) is 0 Å². The van der Waals surface area contributed by atoms with Gasteiger partial charge in [0.25, 0.3) is 0 Å². The third-order valence-corrected chi connectivity index (χ3v) is 4.60. The van der Waals surface area contributed by atoms with Crippen LogP contribution in [0.25, 0.3) is 5.69 Å². The number of hydrogen-bond donors (Lipinski definition) is 4. The van der Waals surface area contributed by atoms with E-state index in [1.165, 1.54) is 4.57 Å². The summed E-state index contributed by atoms with van der Waals surface area (Å²) in [6.45, 7) is 5.52. The van der Waals surface area contributed by atoms with E-state index in [9.17, 15) is 14.4 Å². The summed E-state index contributed by atoms with van der Waals surface area (Å²) in [5.41, 5.74) is 2.30. The fourth-order valence-electron chi connectivity index (χ4n) is 3.08. The first-order valence-corrected chi connectivity index (χ1v) is 9.66. The lowest BCUT2D eigenvalue weighted by atomic mass is 10.0. The van der Waals surface area contributed by atoms with Crippen LogP contribution in [-0.2, 0) is 4.79 Å². The molecule has 0 aliphatic rings. The second-order valence-electron chi connectivity index (χ2n) is 7.30. The zero-order valence-electron chi connectivity index (χ0n) is 17.1. The normalized spacial score (nSPS) is 11.7. The maximum Gasteiger partial charge on any atom is 0.330 e. The Kier molecular flexibility index (Phi) is 6.36. The summed E-state index contributed by atoms with van der Waals surface area (Å²) < 4.78 is 1.52. The van der Waals surface area contributed by atoms with E-state index in [-0.39, 0.29) is 17.5 Å². The molecule has 3 rings (SSSR count). The molecule has 1 atom stereocenters. The Morgan fingerprint density at radius 3 is 2.30 bits per heavy atom.